The Labute approximate surface area is 148 Å². The largest absolute Gasteiger partial charge is 0.360 e. The van der Waals surface area contributed by atoms with Crippen LogP contribution in [0.2, 0.25) is 0 Å². The molecule has 1 spiro atoms. The van der Waals surface area contributed by atoms with Gasteiger partial charge in [-0.2, -0.15) is 0 Å². The van der Waals surface area contributed by atoms with Crippen LogP contribution in [0.3, 0.4) is 0 Å². The number of ether oxygens (including phenoxy) is 1. The van der Waals surface area contributed by atoms with Gasteiger partial charge in [0.1, 0.15) is 6.10 Å². The second-order valence-electron chi connectivity index (χ2n) is 7.80. The van der Waals surface area contributed by atoms with E-state index < -0.39 is 6.30 Å². The fourth-order valence-corrected chi connectivity index (χ4v) is 4.21. The predicted molar refractivity (Wildman–Crippen MR) is 93.9 cm³/mol. The molecule has 0 N–H and O–H groups in total. The number of amides is 1. The smallest absolute Gasteiger partial charge is 0.251 e. The molecule has 4 nitrogen and oxygen atoms in total. The molecular formula is C20H27FN2O2. The molecule has 0 bridgehead atoms. The van der Waals surface area contributed by atoms with Gasteiger partial charge in [-0.15, -0.1) is 0 Å². The fraction of sp³-hybridized carbons (Fsp3) is 0.650. The molecule has 1 amide bonds. The highest BCUT2D eigenvalue weighted by Gasteiger charge is 2.49. The number of benzene rings is 1. The lowest BCUT2D eigenvalue weighted by Gasteiger charge is -2.49. The van der Waals surface area contributed by atoms with Gasteiger partial charge in [0.15, 0.2) is 6.30 Å². The summed E-state index contributed by atoms with van der Waals surface area (Å²) in [6.07, 6.45) is 2.92. The van der Waals surface area contributed by atoms with E-state index in [2.05, 4.69) is 0 Å². The molecule has 3 fully saturated rings. The summed E-state index contributed by atoms with van der Waals surface area (Å²) in [6, 6.07) is 10.2. The van der Waals surface area contributed by atoms with Gasteiger partial charge in [0, 0.05) is 25.6 Å². The first-order chi connectivity index (χ1) is 12.1. The lowest BCUT2D eigenvalue weighted by molar-refractivity contribution is -0.193. The number of carbonyl (C=O) groups excluding carboxylic acids is 1. The molecule has 5 heteroatoms. The number of alkyl halides is 1. The molecule has 2 aliphatic heterocycles. The van der Waals surface area contributed by atoms with Crippen LogP contribution >= 0.6 is 0 Å². The van der Waals surface area contributed by atoms with Crippen molar-refractivity contribution in [2.45, 2.75) is 63.1 Å². The lowest BCUT2D eigenvalue weighted by atomic mass is 9.88. The summed E-state index contributed by atoms with van der Waals surface area (Å²) in [7, 11) is 0. The number of nitrogens with zero attached hydrogens (tertiary/aromatic N) is 2. The zero-order chi connectivity index (χ0) is 17.4. The normalized spacial score (nSPS) is 28.3. The molecule has 1 saturated carbocycles. The standard InChI is InChI=1S/C20H27FN2O2/c1-15-19(24)23(17-7-8-17)14-20(25-15)9-11-22(12-10-20)18(21)13-16-5-3-2-4-6-16/h2-6,15,17-18H,7-14H2,1H3/t15-,18?/m1/s1. The fourth-order valence-electron chi connectivity index (χ4n) is 4.21. The monoisotopic (exact) mass is 346 g/mol. The van der Waals surface area contributed by atoms with Gasteiger partial charge in [-0.1, -0.05) is 30.3 Å². The summed E-state index contributed by atoms with van der Waals surface area (Å²) in [6.45, 7) is 3.92. The van der Waals surface area contributed by atoms with Gasteiger partial charge >= 0.3 is 0 Å². The molecule has 136 valence electrons. The Bertz CT molecular complexity index is 611. The number of piperidine rings is 1. The van der Waals surface area contributed by atoms with Crippen LogP contribution in [0.15, 0.2) is 30.3 Å². The Balaban J connectivity index is 1.36. The molecule has 25 heavy (non-hydrogen) atoms. The van der Waals surface area contributed by atoms with E-state index in [0.717, 1.165) is 31.2 Å². The summed E-state index contributed by atoms with van der Waals surface area (Å²) in [5.41, 5.74) is 0.752. The first kappa shape index (κ1) is 17.0. The van der Waals surface area contributed by atoms with Gasteiger partial charge in [-0.25, -0.2) is 4.39 Å². The first-order valence-electron chi connectivity index (χ1n) is 9.47. The third-order valence-corrected chi connectivity index (χ3v) is 5.86. The van der Waals surface area contributed by atoms with Crippen molar-refractivity contribution >= 4 is 5.91 Å². The molecule has 1 unspecified atom stereocenters. The van der Waals surface area contributed by atoms with Gasteiger partial charge < -0.3 is 9.64 Å². The maximum absolute atomic E-state index is 14.7. The Hall–Kier alpha value is -1.46. The highest BCUT2D eigenvalue weighted by atomic mass is 19.1. The second-order valence-corrected chi connectivity index (χ2v) is 7.80. The van der Waals surface area contributed by atoms with E-state index >= 15 is 0 Å². The molecule has 2 atom stereocenters. The summed E-state index contributed by atoms with van der Waals surface area (Å²) in [5, 5.41) is 0. The number of hydrogen-bond acceptors (Lipinski definition) is 3. The van der Waals surface area contributed by atoms with E-state index in [-0.39, 0.29) is 17.6 Å². The molecular weight excluding hydrogens is 319 g/mol. The number of carbonyl (C=O) groups is 1. The SMILES string of the molecule is C[C@H]1OC2(CCN(C(F)Cc3ccccc3)CC2)CN(C2CC2)C1=O. The average molecular weight is 346 g/mol. The van der Waals surface area contributed by atoms with Crippen LogP contribution < -0.4 is 0 Å². The Morgan fingerprint density at radius 2 is 1.92 bits per heavy atom. The van der Waals surface area contributed by atoms with Crippen molar-refractivity contribution in [3.05, 3.63) is 35.9 Å². The first-order valence-corrected chi connectivity index (χ1v) is 9.47. The van der Waals surface area contributed by atoms with Crippen LogP contribution in [0.5, 0.6) is 0 Å². The van der Waals surface area contributed by atoms with E-state index in [4.69, 9.17) is 4.74 Å². The van der Waals surface area contributed by atoms with Crippen molar-refractivity contribution in [1.29, 1.82) is 0 Å². The minimum Gasteiger partial charge on any atom is -0.360 e. The van der Waals surface area contributed by atoms with Crippen molar-refractivity contribution < 1.29 is 13.9 Å². The number of halogens is 1. The third-order valence-electron chi connectivity index (χ3n) is 5.86. The summed E-state index contributed by atoms with van der Waals surface area (Å²) >= 11 is 0. The summed E-state index contributed by atoms with van der Waals surface area (Å²) in [5.74, 6) is 0.128. The van der Waals surface area contributed by atoms with Crippen LogP contribution in [0, 0.1) is 0 Å². The van der Waals surface area contributed by atoms with E-state index in [9.17, 15) is 9.18 Å². The van der Waals surface area contributed by atoms with Gasteiger partial charge in [0.2, 0.25) is 0 Å². The maximum atomic E-state index is 14.7. The van der Waals surface area contributed by atoms with Crippen LogP contribution in [0.25, 0.3) is 0 Å². The Morgan fingerprint density at radius 1 is 1.24 bits per heavy atom. The molecule has 1 aromatic rings. The number of likely N-dealkylation sites (tertiary alicyclic amines) is 1. The highest BCUT2D eigenvalue weighted by Crippen LogP contribution is 2.38. The predicted octanol–water partition coefficient (Wildman–Crippen LogP) is 2.77. The lowest BCUT2D eigenvalue weighted by Crippen LogP contribution is -2.62. The zero-order valence-electron chi connectivity index (χ0n) is 14.9. The van der Waals surface area contributed by atoms with Gasteiger partial charge in [0.05, 0.1) is 12.1 Å². The Kier molecular flexibility index (Phi) is 4.54. The highest BCUT2D eigenvalue weighted by molar-refractivity contribution is 5.82. The molecule has 1 aliphatic carbocycles. The van der Waals surface area contributed by atoms with Gasteiger partial charge in [0.25, 0.3) is 5.91 Å². The summed E-state index contributed by atoms with van der Waals surface area (Å²) < 4.78 is 20.8. The van der Waals surface area contributed by atoms with E-state index in [1.165, 1.54) is 0 Å². The molecule has 4 rings (SSSR count). The number of morpholine rings is 1. The van der Waals surface area contributed by atoms with Crippen LogP contribution in [0.4, 0.5) is 4.39 Å². The van der Waals surface area contributed by atoms with E-state index in [1.807, 2.05) is 47.1 Å². The van der Waals surface area contributed by atoms with Crippen molar-refractivity contribution in [3.8, 4) is 0 Å². The second kappa shape index (κ2) is 6.69. The van der Waals surface area contributed by atoms with Crippen LogP contribution in [-0.2, 0) is 16.0 Å². The van der Waals surface area contributed by atoms with Crippen molar-refractivity contribution in [2.24, 2.45) is 0 Å². The molecule has 2 saturated heterocycles. The molecule has 1 aromatic carbocycles. The van der Waals surface area contributed by atoms with Crippen LogP contribution in [0.1, 0.15) is 38.2 Å². The summed E-state index contributed by atoms with van der Waals surface area (Å²) in [4.78, 5) is 16.3. The number of rotatable bonds is 4. The molecule has 0 aromatic heterocycles. The van der Waals surface area contributed by atoms with Crippen molar-refractivity contribution in [2.75, 3.05) is 19.6 Å². The topological polar surface area (TPSA) is 32.8 Å². The van der Waals surface area contributed by atoms with Gasteiger partial charge in [-0.3, -0.25) is 9.69 Å². The minimum absolute atomic E-state index is 0.128. The zero-order valence-corrected chi connectivity index (χ0v) is 14.9. The molecule has 0 radical (unpaired) electrons. The van der Waals surface area contributed by atoms with Crippen molar-refractivity contribution in [1.82, 2.24) is 9.80 Å². The number of hydrogen-bond donors (Lipinski definition) is 0. The van der Waals surface area contributed by atoms with Crippen molar-refractivity contribution in [3.63, 3.8) is 0 Å². The molecule has 2 heterocycles. The Morgan fingerprint density at radius 3 is 2.56 bits per heavy atom. The minimum atomic E-state index is -0.957. The van der Waals surface area contributed by atoms with Gasteiger partial charge in [-0.05, 0) is 38.2 Å². The van der Waals surface area contributed by atoms with E-state index in [1.54, 1.807) is 0 Å². The van der Waals surface area contributed by atoms with Crippen LogP contribution in [-0.4, -0.2) is 59.4 Å². The average Bonchev–Trinajstić information content (AvgIpc) is 3.45. The van der Waals surface area contributed by atoms with E-state index in [0.29, 0.717) is 32.1 Å². The molecule has 3 aliphatic rings. The maximum Gasteiger partial charge on any atom is 0.251 e. The third kappa shape index (κ3) is 3.58. The quantitative estimate of drug-likeness (QED) is 0.786.